The highest BCUT2D eigenvalue weighted by molar-refractivity contribution is 9.09. The Morgan fingerprint density at radius 1 is 1.40 bits per heavy atom. The van der Waals surface area contributed by atoms with Crippen LogP contribution in [0.2, 0.25) is 0 Å². The highest BCUT2D eigenvalue weighted by Crippen LogP contribution is 2.26. The van der Waals surface area contributed by atoms with E-state index in [1.165, 1.54) is 23.9 Å². The van der Waals surface area contributed by atoms with Gasteiger partial charge in [0, 0.05) is 16.0 Å². The second-order valence-corrected chi connectivity index (χ2v) is 5.02. The molecule has 0 saturated heterocycles. The molecule has 0 bridgehead atoms. The first-order chi connectivity index (χ1) is 7.17. The van der Waals surface area contributed by atoms with Crippen LogP contribution in [0.5, 0.6) is 0 Å². The van der Waals surface area contributed by atoms with Gasteiger partial charge in [-0.2, -0.15) is 0 Å². The van der Waals surface area contributed by atoms with Gasteiger partial charge in [0.05, 0.1) is 0 Å². The van der Waals surface area contributed by atoms with Crippen molar-refractivity contribution in [3.8, 4) is 0 Å². The molecule has 0 aromatic heterocycles. The zero-order chi connectivity index (χ0) is 11.3. The van der Waals surface area contributed by atoms with E-state index >= 15 is 0 Å². The summed E-state index contributed by atoms with van der Waals surface area (Å²) in [7, 11) is 0. The third kappa shape index (κ3) is 4.11. The zero-order valence-corrected chi connectivity index (χ0v) is 10.9. The molecule has 0 fully saturated rings. The summed E-state index contributed by atoms with van der Waals surface area (Å²) < 4.78 is 26.1. The molecule has 0 spiro atoms. The Hall–Kier alpha value is -0.0900. The Bertz CT molecular complexity index is 313. The number of rotatable bonds is 5. The van der Waals surface area contributed by atoms with Crippen LogP contribution in [0.15, 0.2) is 23.1 Å². The van der Waals surface area contributed by atoms with Crippen molar-refractivity contribution in [1.29, 1.82) is 0 Å². The lowest BCUT2D eigenvalue weighted by Gasteiger charge is -2.10. The van der Waals surface area contributed by atoms with Crippen LogP contribution in [0.4, 0.5) is 8.78 Å². The number of hydrogen-bond donors (Lipinski definition) is 0. The Morgan fingerprint density at radius 3 is 2.73 bits per heavy atom. The van der Waals surface area contributed by atoms with Gasteiger partial charge in [-0.25, -0.2) is 8.78 Å². The van der Waals surface area contributed by atoms with Gasteiger partial charge in [0.25, 0.3) is 0 Å². The lowest BCUT2D eigenvalue weighted by Crippen LogP contribution is -2.03. The molecule has 0 heterocycles. The normalized spacial score (nSPS) is 12.8. The highest BCUT2D eigenvalue weighted by atomic mass is 79.9. The first kappa shape index (κ1) is 13.0. The molecule has 0 saturated carbocycles. The monoisotopic (exact) mass is 294 g/mol. The van der Waals surface area contributed by atoms with Crippen LogP contribution in [0.3, 0.4) is 0 Å². The number of thioether (sulfide) groups is 1. The van der Waals surface area contributed by atoms with E-state index in [0.717, 1.165) is 23.6 Å². The van der Waals surface area contributed by atoms with Crippen LogP contribution in [-0.2, 0) is 0 Å². The van der Waals surface area contributed by atoms with Gasteiger partial charge in [-0.3, -0.25) is 0 Å². The summed E-state index contributed by atoms with van der Waals surface area (Å²) in [6, 6.07) is 3.56. The fourth-order valence-electron chi connectivity index (χ4n) is 1.07. The van der Waals surface area contributed by atoms with E-state index in [1.54, 1.807) is 0 Å². The van der Waals surface area contributed by atoms with E-state index in [1.807, 2.05) is 0 Å². The minimum atomic E-state index is -0.384. The number of alkyl halides is 1. The van der Waals surface area contributed by atoms with E-state index in [4.69, 9.17) is 0 Å². The predicted molar refractivity (Wildman–Crippen MR) is 64.7 cm³/mol. The highest BCUT2D eigenvalue weighted by Gasteiger charge is 2.08. The minimum Gasteiger partial charge on any atom is -0.207 e. The lowest BCUT2D eigenvalue weighted by molar-refractivity contribution is 0.576. The molecular formula is C11H13BrF2S. The van der Waals surface area contributed by atoms with Gasteiger partial charge >= 0.3 is 0 Å². The van der Waals surface area contributed by atoms with Crippen LogP contribution in [0, 0.1) is 17.6 Å². The fraction of sp³-hybridized carbons (Fsp3) is 0.455. The SMILES string of the molecule is CCC(CBr)CSc1cc(F)ccc1F. The quantitative estimate of drug-likeness (QED) is 0.570. The molecule has 84 valence electrons. The first-order valence-corrected chi connectivity index (χ1v) is 6.91. The van der Waals surface area contributed by atoms with Crippen molar-refractivity contribution < 1.29 is 8.78 Å². The molecule has 4 heteroatoms. The smallest absolute Gasteiger partial charge is 0.136 e. The van der Waals surface area contributed by atoms with Crippen molar-refractivity contribution in [3.05, 3.63) is 29.8 Å². The molecule has 0 aliphatic heterocycles. The summed E-state index contributed by atoms with van der Waals surface area (Å²) in [4.78, 5) is 0.398. The van der Waals surface area contributed by atoms with Crippen LogP contribution >= 0.6 is 27.7 Å². The second kappa shape index (κ2) is 6.48. The number of halogens is 3. The maximum absolute atomic E-state index is 13.2. The van der Waals surface area contributed by atoms with Gasteiger partial charge < -0.3 is 0 Å². The summed E-state index contributed by atoms with van der Waals surface area (Å²) in [5.74, 6) is 0.580. The Labute approximate surface area is 102 Å². The van der Waals surface area contributed by atoms with Crippen LogP contribution in [0.25, 0.3) is 0 Å². The van der Waals surface area contributed by atoms with Crippen molar-refractivity contribution in [3.63, 3.8) is 0 Å². The molecule has 1 unspecified atom stereocenters. The van der Waals surface area contributed by atoms with Gasteiger partial charge in [-0.1, -0.05) is 29.3 Å². The topological polar surface area (TPSA) is 0 Å². The second-order valence-electron chi connectivity index (χ2n) is 3.31. The Balaban J connectivity index is 2.60. The maximum Gasteiger partial charge on any atom is 0.136 e. The summed E-state index contributed by atoms with van der Waals surface area (Å²) in [6.07, 6.45) is 1.04. The molecule has 1 atom stereocenters. The van der Waals surface area contributed by atoms with Crippen molar-refractivity contribution in [2.75, 3.05) is 11.1 Å². The number of hydrogen-bond acceptors (Lipinski definition) is 1. The zero-order valence-electron chi connectivity index (χ0n) is 8.47. The van der Waals surface area contributed by atoms with E-state index in [0.29, 0.717) is 10.8 Å². The largest absolute Gasteiger partial charge is 0.207 e. The standard InChI is InChI=1S/C11H13BrF2S/c1-2-8(6-12)7-15-11-5-9(13)3-4-10(11)14/h3-5,8H,2,6-7H2,1H3. The molecular weight excluding hydrogens is 282 g/mol. The lowest BCUT2D eigenvalue weighted by atomic mass is 10.2. The van der Waals surface area contributed by atoms with Gasteiger partial charge in [-0.15, -0.1) is 11.8 Å². The van der Waals surface area contributed by atoms with Crippen LogP contribution in [-0.4, -0.2) is 11.1 Å². The summed E-state index contributed by atoms with van der Waals surface area (Å²) in [5.41, 5.74) is 0. The molecule has 0 aliphatic carbocycles. The third-order valence-corrected chi connectivity index (χ3v) is 4.34. The van der Waals surface area contributed by atoms with Gasteiger partial charge in [0.2, 0.25) is 0 Å². The minimum absolute atomic E-state index is 0.342. The summed E-state index contributed by atoms with van der Waals surface area (Å²) in [6.45, 7) is 2.09. The predicted octanol–water partition coefficient (Wildman–Crippen LogP) is 4.48. The van der Waals surface area contributed by atoms with E-state index < -0.39 is 0 Å². The average molecular weight is 295 g/mol. The average Bonchev–Trinajstić information content (AvgIpc) is 2.24. The van der Waals surface area contributed by atoms with Crippen molar-refractivity contribution >= 4 is 27.7 Å². The molecule has 0 nitrogen and oxygen atoms in total. The molecule has 0 amide bonds. The molecule has 0 N–H and O–H groups in total. The van der Waals surface area contributed by atoms with Crippen LogP contribution < -0.4 is 0 Å². The molecule has 1 rings (SSSR count). The molecule has 0 radical (unpaired) electrons. The van der Waals surface area contributed by atoms with E-state index in [2.05, 4.69) is 22.9 Å². The van der Waals surface area contributed by atoms with Gasteiger partial charge in [0.1, 0.15) is 11.6 Å². The third-order valence-electron chi connectivity index (χ3n) is 2.16. The van der Waals surface area contributed by atoms with E-state index in [-0.39, 0.29) is 11.6 Å². The summed E-state index contributed by atoms with van der Waals surface area (Å²) in [5, 5.41) is 0.896. The Morgan fingerprint density at radius 2 is 2.13 bits per heavy atom. The van der Waals surface area contributed by atoms with Crippen LogP contribution in [0.1, 0.15) is 13.3 Å². The molecule has 1 aromatic carbocycles. The number of benzene rings is 1. The Kier molecular flexibility index (Phi) is 5.61. The van der Waals surface area contributed by atoms with Gasteiger partial charge in [0.15, 0.2) is 0 Å². The molecule has 15 heavy (non-hydrogen) atoms. The maximum atomic E-state index is 13.2. The fourth-order valence-corrected chi connectivity index (χ4v) is 3.23. The van der Waals surface area contributed by atoms with Gasteiger partial charge in [-0.05, 0) is 24.1 Å². The van der Waals surface area contributed by atoms with Crippen molar-refractivity contribution in [2.24, 2.45) is 5.92 Å². The first-order valence-electron chi connectivity index (χ1n) is 4.81. The summed E-state index contributed by atoms with van der Waals surface area (Å²) >= 11 is 4.77. The van der Waals surface area contributed by atoms with Crippen molar-refractivity contribution in [1.82, 2.24) is 0 Å². The molecule has 0 aliphatic rings. The molecule has 1 aromatic rings. The van der Waals surface area contributed by atoms with E-state index in [9.17, 15) is 8.78 Å². The van der Waals surface area contributed by atoms with Crippen molar-refractivity contribution in [2.45, 2.75) is 18.2 Å².